The van der Waals surface area contributed by atoms with Crippen molar-refractivity contribution in [2.75, 3.05) is 19.0 Å². The Morgan fingerprint density at radius 1 is 1.12 bits per heavy atom. The van der Waals surface area contributed by atoms with Crippen LogP contribution in [0.5, 0.6) is 11.5 Å². The lowest BCUT2D eigenvalue weighted by molar-refractivity contribution is 0.111. The lowest BCUT2D eigenvalue weighted by Crippen LogP contribution is -2.00. The van der Waals surface area contributed by atoms with Gasteiger partial charge in [0.15, 0.2) is 6.29 Å². The molecule has 4 heteroatoms. The zero-order valence-electron chi connectivity index (χ0n) is 10.5. The molecule has 0 heterocycles. The molecule has 0 spiro atoms. The van der Waals surface area contributed by atoms with Crippen molar-refractivity contribution in [1.29, 1.82) is 0 Å². The first kappa shape index (κ1) is 13.9. The predicted octanol–water partition coefficient (Wildman–Crippen LogP) is 3.41. The van der Waals surface area contributed by atoms with Crippen molar-refractivity contribution < 1.29 is 14.3 Å². The fraction of sp³-hybridized carbons (Fsp3) is 0.462. The van der Waals surface area contributed by atoms with Crippen LogP contribution in [0.25, 0.3) is 0 Å². The van der Waals surface area contributed by atoms with Gasteiger partial charge in [-0.3, -0.25) is 4.79 Å². The third-order valence-electron chi connectivity index (χ3n) is 2.10. The van der Waals surface area contributed by atoms with Gasteiger partial charge in [0.2, 0.25) is 0 Å². The average Bonchev–Trinajstić information content (AvgIpc) is 2.33. The van der Waals surface area contributed by atoms with Crippen molar-refractivity contribution in [1.82, 2.24) is 0 Å². The summed E-state index contributed by atoms with van der Waals surface area (Å²) in [5, 5.41) is 0. The van der Waals surface area contributed by atoms with E-state index in [0.717, 1.165) is 22.7 Å². The minimum absolute atomic E-state index is 0.538. The smallest absolute Gasteiger partial charge is 0.153 e. The Kier molecular flexibility index (Phi) is 5.91. The maximum Gasteiger partial charge on any atom is 0.153 e. The van der Waals surface area contributed by atoms with E-state index in [2.05, 4.69) is 6.92 Å². The molecule has 0 aliphatic carbocycles. The van der Waals surface area contributed by atoms with E-state index in [1.807, 2.05) is 19.9 Å². The topological polar surface area (TPSA) is 35.5 Å². The van der Waals surface area contributed by atoms with E-state index in [4.69, 9.17) is 9.47 Å². The van der Waals surface area contributed by atoms with Crippen LogP contribution in [0.4, 0.5) is 0 Å². The lowest BCUT2D eigenvalue weighted by Gasteiger charge is -2.13. The zero-order valence-corrected chi connectivity index (χ0v) is 11.3. The number of hydrogen-bond donors (Lipinski definition) is 0. The molecule has 0 aliphatic heterocycles. The first-order valence-electron chi connectivity index (χ1n) is 5.78. The largest absolute Gasteiger partial charge is 0.493 e. The zero-order chi connectivity index (χ0) is 12.7. The molecule has 0 atom stereocenters. The van der Waals surface area contributed by atoms with Gasteiger partial charge >= 0.3 is 0 Å². The van der Waals surface area contributed by atoms with Gasteiger partial charge in [-0.15, -0.1) is 11.8 Å². The minimum atomic E-state index is 0.538. The van der Waals surface area contributed by atoms with E-state index in [1.54, 1.807) is 17.8 Å². The second-order valence-corrected chi connectivity index (χ2v) is 4.56. The van der Waals surface area contributed by atoms with Gasteiger partial charge in [0, 0.05) is 0 Å². The van der Waals surface area contributed by atoms with Crippen molar-refractivity contribution in [3.05, 3.63) is 17.7 Å². The second-order valence-electron chi connectivity index (χ2n) is 3.25. The summed E-state index contributed by atoms with van der Waals surface area (Å²) in [6.07, 6.45) is 0.800. The molecule has 0 aromatic heterocycles. The Balaban J connectivity index is 3.15. The third-order valence-corrected chi connectivity index (χ3v) is 3.02. The van der Waals surface area contributed by atoms with Gasteiger partial charge < -0.3 is 9.47 Å². The first-order chi connectivity index (χ1) is 8.26. The highest BCUT2D eigenvalue weighted by atomic mass is 32.2. The number of hydrogen-bond acceptors (Lipinski definition) is 4. The standard InChI is InChI=1S/C13H18O3S/c1-4-15-11-8-13(17-6-3)12(16-5-2)7-10(11)9-14/h7-9H,4-6H2,1-3H3. The van der Waals surface area contributed by atoms with Crippen LogP contribution < -0.4 is 9.47 Å². The summed E-state index contributed by atoms with van der Waals surface area (Å²) < 4.78 is 11.0. The van der Waals surface area contributed by atoms with Crippen LogP contribution in [0.2, 0.25) is 0 Å². The number of aldehydes is 1. The maximum atomic E-state index is 11.0. The normalized spacial score (nSPS) is 10.1. The monoisotopic (exact) mass is 254 g/mol. The number of carbonyl (C=O) groups is 1. The van der Waals surface area contributed by atoms with E-state index in [9.17, 15) is 4.79 Å². The van der Waals surface area contributed by atoms with Crippen molar-refractivity contribution in [3.8, 4) is 11.5 Å². The highest BCUT2D eigenvalue weighted by Gasteiger charge is 2.11. The molecule has 1 aromatic rings. The fourth-order valence-electron chi connectivity index (χ4n) is 1.47. The van der Waals surface area contributed by atoms with Gasteiger partial charge in [-0.2, -0.15) is 0 Å². The Morgan fingerprint density at radius 2 is 1.76 bits per heavy atom. The van der Waals surface area contributed by atoms with E-state index in [-0.39, 0.29) is 0 Å². The van der Waals surface area contributed by atoms with Gasteiger partial charge in [0.1, 0.15) is 11.5 Å². The van der Waals surface area contributed by atoms with Gasteiger partial charge in [-0.05, 0) is 31.7 Å². The Bertz CT molecular complexity index is 377. The molecule has 94 valence electrons. The fourth-order valence-corrected chi connectivity index (χ4v) is 2.23. The quantitative estimate of drug-likeness (QED) is 0.552. The van der Waals surface area contributed by atoms with Gasteiger partial charge in [0.05, 0.1) is 23.7 Å². The Morgan fingerprint density at radius 3 is 2.29 bits per heavy atom. The molecule has 0 fully saturated rings. The highest BCUT2D eigenvalue weighted by Crippen LogP contribution is 2.35. The molecule has 0 saturated carbocycles. The van der Waals surface area contributed by atoms with E-state index < -0.39 is 0 Å². The summed E-state index contributed by atoms with van der Waals surface area (Å²) in [6, 6.07) is 3.63. The molecule has 0 unspecified atom stereocenters. The summed E-state index contributed by atoms with van der Waals surface area (Å²) in [7, 11) is 0. The summed E-state index contributed by atoms with van der Waals surface area (Å²) in [5.41, 5.74) is 0.538. The molecule has 0 N–H and O–H groups in total. The molecular weight excluding hydrogens is 236 g/mol. The Hall–Kier alpha value is -1.16. The predicted molar refractivity (Wildman–Crippen MR) is 70.6 cm³/mol. The molecule has 1 rings (SSSR count). The minimum Gasteiger partial charge on any atom is -0.493 e. The molecule has 0 saturated heterocycles. The van der Waals surface area contributed by atoms with Crippen molar-refractivity contribution >= 4 is 18.0 Å². The highest BCUT2D eigenvalue weighted by molar-refractivity contribution is 7.99. The molecule has 0 amide bonds. The molecule has 0 bridgehead atoms. The number of rotatable bonds is 7. The molecule has 0 radical (unpaired) electrons. The first-order valence-corrected chi connectivity index (χ1v) is 6.76. The number of carbonyl (C=O) groups excluding carboxylic acids is 1. The maximum absolute atomic E-state index is 11.0. The van der Waals surface area contributed by atoms with Crippen molar-refractivity contribution in [3.63, 3.8) is 0 Å². The summed E-state index contributed by atoms with van der Waals surface area (Å²) >= 11 is 1.68. The van der Waals surface area contributed by atoms with Crippen molar-refractivity contribution in [2.45, 2.75) is 25.7 Å². The molecule has 17 heavy (non-hydrogen) atoms. The molecular formula is C13H18O3S. The van der Waals surface area contributed by atoms with Crippen LogP contribution in [0, 0.1) is 0 Å². The van der Waals surface area contributed by atoms with Gasteiger partial charge in [0.25, 0.3) is 0 Å². The summed E-state index contributed by atoms with van der Waals surface area (Å²) in [6.45, 7) is 7.04. The van der Waals surface area contributed by atoms with Gasteiger partial charge in [-0.1, -0.05) is 6.92 Å². The van der Waals surface area contributed by atoms with Gasteiger partial charge in [-0.25, -0.2) is 0 Å². The SMILES string of the molecule is CCOc1cc(SCC)c(OCC)cc1C=O. The van der Waals surface area contributed by atoms with E-state index in [1.165, 1.54) is 0 Å². The second kappa shape index (κ2) is 7.22. The van der Waals surface area contributed by atoms with Crippen molar-refractivity contribution in [2.24, 2.45) is 0 Å². The van der Waals surface area contributed by atoms with Crippen LogP contribution in [0.1, 0.15) is 31.1 Å². The third kappa shape index (κ3) is 3.66. The lowest BCUT2D eigenvalue weighted by atomic mass is 10.2. The molecule has 3 nitrogen and oxygen atoms in total. The van der Waals surface area contributed by atoms with E-state index >= 15 is 0 Å². The number of ether oxygens (including phenoxy) is 2. The molecule has 0 aliphatic rings. The van der Waals surface area contributed by atoms with Crippen LogP contribution >= 0.6 is 11.8 Å². The summed E-state index contributed by atoms with van der Waals surface area (Å²) in [5.74, 6) is 2.33. The Labute approximate surface area is 106 Å². The van der Waals surface area contributed by atoms with E-state index in [0.29, 0.717) is 24.5 Å². The number of benzene rings is 1. The average molecular weight is 254 g/mol. The van der Waals surface area contributed by atoms with Crippen LogP contribution in [-0.2, 0) is 0 Å². The van der Waals surface area contributed by atoms with Crippen LogP contribution in [0.15, 0.2) is 17.0 Å². The van der Waals surface area contributed by atoms with Crippen LogP contribution in [0.3, 0.4) is 0 Å². The van der Waals surface area contributed by atoms with Crippen LogP contribution in [-0.4, -0.2) is 25.3 Å². The summed E-state index contributed by atoms with van der Waals surface area (Å²) in [4.78, 5) is 12.0. The number of thioether (sulfide) groups is 1. The molecule has 1 aromatic carbocycles.